The van der Waals surface area contributed by atoms with Gasteiger partial charge >= 0.3 is 0 Å². The van der Waals surface area contributed by atoms with Gasteiger partial charge in [0.1, 0.15) is 38.5 Å². The van der Waals surface area contributed by atoms with Crippen LogP contribution in [0.25, 0.3) is 0 Å². The van der Waals surface area contributed by atoms with Crippen molar-refractivity contribution in [2.45, 2.75) is 13.5 Å². The standard InChI is InChI=1S/C23H30N4O3/c1-3-24-23(29)19-5-4-6-20(15-19)25-22(28)17-27-13-11-26(12-14-27)16-18-7-9-21(30-2)10-8-18/h4-10,15H,3,11-14,16-17H2,1-2H3,(H,24,29)(H,25,28)/p+2. The summed E-state index contributed by atoms with van der Waals surface area (Å²) < 4.78 is 5.21. The van der Waals surface area contributed by atoms with Gasteiger partial charge in [0.2, 0.25) is 0 Å². The first-order chi connectivity index (χ1) is 14.6. The van der Waals surface area contributed by atoms with E-state index in [1.54, 1.807) is 30.2 Å². The van der Waals surface area contributed by atoms with E-state index in [9.17, 15) is 9.59 Å². The van der Waals surface area contributed by atoms with Gasteiger partial charge in [-0.1, -0.05) is 6.07 Å². The van der Waals surface area contributed by atoms with Crippen LogP contribution in [0.2, 0.25) is 0 Å². The Labute approximate surface area is 178 Å². The molecule has 1 fully saturated rings. The molecule has 2 amide bonds. The minimum absolute atomic E-state index is 0.0170. The predicted octanol–water partition coefficient (Wildman–Crippen LogP) is -0.633. The van der Waals surface area contributed by atoms with Crippen molar-refractivity contribution in [2.75, 3.05) is 51.7 Å². The van der Waals surface area contributed by atoms with Crippen molar-refractivity contribution in [2.24, 2.45) is 0 Å². The van der Waals surface area contributed by atoms with Gasteiger partial charge in [-0.05, 0) is 49.4 Å². The first-order valence-electron chi connectivity index (χ1n) is 10.6. The van der Waals surface area contributed by atoms with E-state index >= 15 is 0 Å². The topological polar surface area (TPSA) is 76.3 Å². The highest BCUT2D eigenvalue weighted by Gasteiger charge is 2.25. The molecule has 0 unspecified atom stereocenters. The molecule has 3 rings (SSSR count). The summed E-state index contributed by atoms with van der Waals surface area (Å²) in [5.41, 5.74) is 2.52. The van der Waals surface area contributed by atoms with E-state index < -0.39 is 0 Å². The minimum atomic E-state index is -0.129. The fraction of sp³-hybridized carbons (Fsp3) is 0.391. The zero-order valence-electron chi connectivity index (χ0n) is 17.8. The quantitative estimate of drug-likeness (QED) is 0.466. The first-order valence-corrected chi connectivity index (χ1v) is 10.6. The van der Waals surface area contributed by atoms with Crippen molar-refractivity contribution >= 4 is 17.5 Å². The van der Waals surface area contributed by atoms with Gasteiger partial charge in [0.25, 0.3) is 11.8 Å². The van der Waals surface area contributed by atoms with E-state index in [0.717, 1.165) is 38.5 Å². The summed E-state index contributed by atoms with van der Waals surface area (Å²) in [4.78, 5) is 27.3. The number of nitrogens with one attached hydrogen (secondary N) is 4. The number of rotatable bonds is 8. The van der Waals surface area contributed by atoms with E-state index in [2.05, 4.69) is 22.8 Å². The van der Waals surface area contributed by atoms with Crippen LogP contribution >= 0.6 is 0 Å². The van der Waals surface area contributed by atoms with Crippen molar-refractivity contribution in [3.05, 3.63) is 59.7 Å². The molecule has 0 saturated carbocycles. The minimum Gasteiger partial charge on any atom is -0.497 e. The molecule has 1 heterocycles. The van der Waals surface area contributed by atoms with E-state index in [-0.39, 0.29) is 11.8 Å². The Morgan fingerprint density at radius 3 is 2.37 bits per heavy atom. The van der Waals surface area contributed by atoms with Crippen molar-refractivity contribution in [1.29, 1.82) is 0 Å². The summed E-state index contributed by atoms with van der Waals surface area (Å²) in [6, 6.07) is 15.3. The van der Waals surface area contributed by atoms with Gasteiger partial charge in [-0.3, -0.25) is 9.59 Å². The summed E-state index contributed by atoms with van der Waals surface area (Å²) in [7, 11) is 1.68. The summed E-state index contributed by atoms with van der Waals surface area (Å²) in [5, 5.41) is 5.70. The highest BCUT2D eigenvalue weighted by Crippen LogP contribution is 2.11. The van der Waals surface area contributed by atoms with E-state index in [0.29, 0.717) is 24.3 Å². The second kappa shape index (κ2) is 10.8. The molecule has 7 nitrogen and oxygen atoms in total. The molecule has 0 spiro atoms. The third-order valence-corrected chi connectivity index (χ3v) is 5.43. The molecule has 0 bridgehead atoms. The number of benzene rings is 2. The van der Waals surface area contributed by atoms with Crippen molar-refractivity contribution in [3.8, 4) is 5.75 Å². The molecule has 4 N–H and O–H groups in total. The normalized spacial score (nSPS) is 18.5. The van der Waals surface area contributed by atoms with Crippen molar-refractivity contribution < 1.29 is 24.1 Å². The Morgan fingerprint density at radius 2 is 1.70 bits per heavy atom. The number of ether oxygens (including phenoxy) is 1. The number of amides is 2. The first kappa shape index (κ1) is 21.8. The Balaban J connectivity index is 1.44. The smallest absolute Gasteiger partial charge is 0.279 e. The molecule has 2 aromatic rings. The average molecular weight is 413 g/mol. The molecule has 30 heavy (non-hydrogen) atoms. The Kier molecular flexibility index (Phi) is 7.82. The highest BCUT2D eigenvalue weighted by molar-refractivity contribution is 5.97. The number of carbonyl (C=O) groups is 2. The van der Waals surface area contributed by atoms with E-state index in [1.165, 1.54) is 10.5 Å². The second-order valence-electron chi connectivity index (χ2n) is 7.69. The monoisotopic (exact) mass is 412 g/mol. The van der Waals surface area contributed by atoms with Crippen LogP contribution in [0.3, 0.4) is 0 Å². The lowest BCUT2D eigenvalue weighted by molar-refractivity contribution is -1.02. The molecule has 0 radical (unpaired) electrons. The molecular formula is C23H32N4O3+2. The Bertz CT molecular complexity index is 846. The number of methoxy groups -OCH3 is 1. The molecule has 0 atom stereocenters. The molecular weight excluding hydrogens is 380 g/mol. The second-order valence-corrected chi connectivity index (χ2v) is 7.69. The van der Waals surface area contributed by atoms with E-state index in [1.807, 2.05) is 25.1 Å². The Hall–Kier alpha value is -2.90. The summed E-state index contributed by atoms with van der Waals surface area (Å²) in [5.74, 6) is 0.734. The molecule has 7 heteroatoms. The largest absolute Gasteiger partial charge is 0.497 e. The van der Waals surface area contributed by atoms with Gasteiger partial charge in [0.15, 0.2) is 6.54 Å². The van der Waals surface area contributed by atoms with Crippen LogP contribution in [-0.4, -0.2) is 58.2 Å². The zero-order chi connectivity index (χ0) is 21.3. The number of hydrogen-bond donors (Lipinski definition) is 4. The maximum absolute atomic E-state index is 12.5. The average Bonchev–Trinajstić information content (AvgIpc) is 2.76. The van der Waals surface area contributed by atoms with Gasteiger partial charge in [0, 0.05) is 23.4 Å². The molecule has 1 saturated heterocycles. The highest BCUT2D eigenvalue weighted by atomic mass is 16.5. The predicted molar refractivity (Wildman–Crippen MR) is 116 cm³/mol. The van der Waals surface area contributed by atoms with Crippen LogP contribution in [0.5, 0.6) is 5.75 Å². The molecule has 1 aliphatic rings. The lowest BCUT2D eigenvalue weighted by atomic mass is 10.2. The van der Waals surface area contributed by atoms with Crippen LogP contribution in [-0.2, 0) is 11.3 Å². The van der Waals surface area contributed by atoms with Gasteiger partial charge in [0.05, 0.1) is 7.11 Å². The molecule has 0 aliphatic carbocycles. The SMILES string of the molecule is CCNC(=O)c1cccc(NC(=O)C[NH+]2CC[NH+](Cc3ccc(OC)cc3)CC2)c1. The van der Waals surface area contributed by atoms with E-state index in [4.69, 9.17) is 4.74 Å². The third-order valence-electron chi connectivity index (χ3n) is 5.43. The third kappa shape index (κ3) is 6.30. The number of quaternary nitrogens is 2. The van der Waals surface area contributed by atoms with Gasteiger partial charge in [-0.15, -0.1) is 0 Å². The molecule has 2 aromatic carbocycles. The number of piperazine rings is 1. The Morgan fingerprint density at radius 1 is 1.00 bits per heavy atom. The molecule has 160 valence electrons. The van der Waals surface area contributed by atoms with Crippen molar-refractivity contribution in [3.63, 3.8) is 0 Å². The van der Waals surface area contributed by atoms with Gasteiger partial charge < -0.3 is 25.2 Å². The van der Waals surface area contributed by atoms with Crippen LogP contribution in [0, 0.1) is 0 Å². The maximum atomic E-state index is 12.5. The number of hydrogen-bond acceptors (Lipinski definition) is 3. The summed E-state index contributed by atoms with van der Waals surface area (Å²) >= 11 is 0. The fourth-order valence-electron chi connectivity index (χ4n) is 3.78. The molecule has 0 aromatic heterocycles. The lowest BCUT2D eigenvalue weighted by Gasteiger charge is -2.29. The van der Waals surface area contributed by atoms with Gasteiger partial charge in [-0.2, -0.15) is 0 Å². The summed E-state index contributed by atoms with van der Waals surface area (Å²) in [6.45, 7) is 7.92. The van der Waals surface area contributed by atoms with Gasteiger partial charge in [-0.25, -0.2) is 0 Å². The van der Waals surface area contributed by atoms with Crippen LogP contribution in [0.1, 0.15) is 22.8 Å². The lowest BCUT2D eigenvalue weighted by Crippen LogP contribution is -3.28. The van der Waals surface area contributed by atoms with Crippen LogP contribution < -0.4 is 25.2 Å². The van der Waals surface area contributed by atoms with Crippen LogP contribution in [0.15, 0.2) is 48.5 Å². The van der Waals surface area contributed by atoms with Crippen molar-refractivity contribution in [1.82, 2.24) is 5.32 Å². The summed E-state index contributed by atoms with van der Waals surface area (Å²) in [6.07, 6.45) is 0. The maximum Gasteiger partial charge on any atom is 0.279 e. The van der Waals surface area contributed by atoms with Crippen LogP contribution in [0.4, 0.5) is 5.69 Å². The fourth-order valence-corrected chi connectivity index (χ4v) is 3.78. The number of anilines is 1. The molecule has 1 aliphatic heterocycles. The zero-order valence-corrected chi connectivity index (χ0v) is 17.8. The number of carbonyl (C=O) groups excluding carboxylic acids is 2.